The maximum absolute atomic E-state index is 10.7. The van der Waals surface area contributed by atoms with Gasteiger partial charge in [0.1, 0.15) is 24.4 Å². The summed E-state index contributed by atoms with van der Waals surface area (Å²) in [6.45, 7) is 9.61. The molecule has 0 aromatic heterocycles. The molecule has 0 bridgehead atoms. The van der Waals surface area contributed by atoms with Crippen molar-refractivity contribution in [2.75, 3.05) is 39.6 Å². The van der Waals surface area contributed by atoms with Crippen LogP contribution in [-0.2, 0) is 23.7 Å². The number of hydrogen-bond acceptors (Lipinski definition) is 7. The summed E-state index contributed by atoms with van der Waals surface area (Å²) in [7, 11) is 0. The predicted molar refractivity (Wildman–Crippen MR) is 128 cm³/mol. The van der Waals surface area contributed by atoms with Crippen LogP contribution in [0, 0.1) is 0 Å². The van der Waals surface area contributed by atoms with E-state index < -0.39 is 24.6 Å². The summed E-state index contributed by atoms with van der Waals surface area (Å²) in [6.07, 6.45) is 6.91. The van der Waals surface area contributed by atoms with E-state index in [4.69, 9.17) is 29.2 Å². The number of azide groups is 1. The van der Waals surface area contributed by atoms with Gasteiger partial charge in [0.15, 0.2) is 6.29 Å². The van der Waals surface area contributed by atoms with Crippen molar-refractivity contribution >= 4 is 0 Å². The van der Waals surface area contributed by atoms with Crippen LogP contribution in [0.2, 0.25) is 0 Å². The SMILES string of the molecule is CCCCOC1[C@H](OCCCC)C(O)OC(COCCCCCCN=[N+]=[N-])[C@@H]1OCCCC. The summed E-state index contributed by atoms with van der Waals surface area (Å²) in [5, 5.41) is 14.3. The normalized spacial score (nSPS) is 25.2. The summed E-state index contributed by atoms with van der Waals surface area (Å²) in [4.78, 5) is 2.76. The highest BCUT2D eigenvalue weighted by molar-refractivity contribution is 4.92. The zero-order valence-corrected chi connectivity index (χ0v) is 21.0. The molecule has 0 amide bonds. The summed E-state index contributed by atoms with van der Waals surface area (Å²) in [5.41, 5.74) is 8.30. The van der Waals surface area contributed by atoms with Crippen molar-refractivity contribution in [2.45, 2.75) is 116 Å². The van der Waals surface area contributed by atoms with E-state index >= 15 is 0 Å². The van der Waals surface area contributed by atoms with Crippen LogP contribution in [0.1, 0.15) is 85.0 Å². The Bertz CT molecular complexity index is 507. The second-order valence-electron chi connectivity index (χ2n) is 8.58. The minimum Gasteiger partial charge on any atom is -0.379 e. The molecule has 1 fully saturated rings. The van der Waals surface area contributed by atoms with Crippen LogP contribution in [0.25, 0.3) is 10.4 Å². The number of hydrogen-bond donors (Lipinski definition) is 1. The molecule has 1 saturated heterocycles. The molecule has 194 valence electrons. The summed E-state index contributed by atoms with van der Waals surface area (Å²) < 4.78 is 30.3. The van der Waals surface area contributed by atoms with Crippen molar-refractivity contribution in [1.29, 1.82) is 0 Å². The predicted octanol–water partition coefficient (Wildman–Crippen LogP) is 5.15. The van der Waals surface area contributed by atoms with Crippen molar-refractivity contribution in [2.24, 2.45) is 5.11 Å². The van der Waals surface area contributed by atoms with Crippen LogP contribution in [0.3, 0.4) is 0 Å². The van der Waals surface area contributed by atoms with E-state index in [1.165, 1.54) is 0 Å². The molecule has 3 unspecified atom stereocenters. The van der Waals surface area contributed by atoms with Gasteiger partial charge in [-0.25, -0.2) is 0 Å². The Hall–Kier alpha value is -0.930. The van der Waals surface area contributed by atoms with Gasteiger partial charge in [-0.3, -0.25) is 0 Å². The van der Waals surface area contributed by atoms with Gasteiger partial charge in [0, 0.05) is 37.9 Å². The Labute approximate surface area is 200 Å². The van der Waals surface area contributed by atoms with Crippen LogP contribution in [0.15, 0.2) is 5.11 Å². The van der Waals surface area contributed by atoms with Gasteiger partial charge in [-0.05, 0) is 37.6 Å². The first-order chi connectivity index (χ1) is 16.2. The lowest BCUT2D eigenvalue weighted by Gasteiger charge is -2.44. The lowest BCUT2D eigenvalue weighted by Crippen LogP contribution is -2.61. The van der Waals surface area contributed by atoms with Crippen molar-refractivity contribution in [3.05, 3.63) is 10.4 Å². The maximum Gasteiger partial charge on any atom is 0.184 e. The van der Waals surface area contributed by atoms with Gasteiger partial charge < -0.3 is 28.8 Å². The zero-order valence-electron chi connectivity index (χ0n) is 21.0. The first-order valence-corrected chi connectivity index (χ1v) is 13.0. The van der Waals surface area contributed by atoms with Gasteiger partial charge in [0.25, 0.3) is 0 Å². The van der Waals surface area contributed by atoms with Crippen molar-refractivity contribution in [3.63, 3.8) is 0 Å². The molecule has 1 heterocycles. The molecule has 1 rings (SSSR count). The molecule has 0 aliphatic carbocycles. The van der Waals surface area contributed by atoms with Crippen LogP contribution in [0.5, 0.6) is 0 Å². The molecular formula is C24H47N3O6. The summed E-state index contributed by atoms with van der Waals surface area (Å²) in [5.74, 6) is 0. The number of nitrogens with zero attached hydrogens (tertiary/aromatic N) is 3. The lowest BCUT2D eigenvalue weighted by atomic mass is 9.98. The molecule has 0 spiro atoms. The largest absolute Gasteiger partial charge is 0.379 e. The summed E-state index contributed by atoms with van der Waals surface area (Å²) >= 11 is 0. The minimum absolute atomic E-state index is 0.335. The molecule has 0 radical (unpaired) electrons. The lowest BCUT2D eigenvalue weighted by molar-refractivity contribution is -0.312. The minimum atomic E-state index is -1.08. The first-order valence-electron chi connectivity index (χ1n) is 13.0. The standard InChI is InChI=1S/C24H47N3O6/c1-4-7-16-30-21-20(19-29-15-13-11-10-12-14-26-27-25)33-24(28)23(32-18-9-6-3)22(21)31-17-8-5-2/h20-24,28H,4-19H2,1-3H3/t20?,21-,22?,23-,24?/m0/s1. The second kappa shape index (κ2) is 20.4. The molecule has 1 aliphatic rings. The van der Waals surface area contributed by atoms with Gasteiger partial charge in [0.05, 0.1) is 6.61 Å². The molecule has 0 saturated carbocycles. The Morgan fingerprint density at radius 2 is 1.33 bits per heavy atom. The fourth-order valence-corrected chi connectivity index (χ4v) is 3.67. The van der Waals surface area contributed by atoms with Crippen LogP contribution < -0.4 is 0 Å². The number of unbranched alkanes of at least 4 members (excludes halogenated alkanes) is 6. The first kappa shape index (κ1) is 30.1. The topological polar surface area (TPSA) is 115 Å². The third-order valence-electron chi connectivity index (χ3n) is 5.68. The highest BCUT2D eigenvalue weighted by Gasteiger charge is 2.47. The number of rotatable bonds is 21. The van der Waals surface area contributed by atoms with Gasteiger partial charge >= 0.3 is 0 Å². The Kier molecular flexibility index (Phi) is 18.6. The van der Waals surface area contributed by atoms with Gasteiger partial charge in [0.2, 0.25) is 0 Å². The number of ether oxygens (including phenoxy) is 5. The van der Waals surface area contributed by atoms with E-state index in [9.17, 15) is 5.11 Å². The fraction of sp³-hybridized carbons (Fsp3) is 1.00. The van der Waals surface area contributed by atoms with Gasteiger partial charge in [-0.1, -0.05) is 58.0 Å². The van der Waals surface area contributed by atoms with E-state index in [-0.39, 0.29) is 6.10 Å². The molecule has 5 atom stereocenters. The van der Waals surface area contributed by atoms with E-state index in [0.717, 1.165) is 64.2 Å². The molecule has 1 aliphatic heterocycles. The van der Waals surface area contributed by atoms with Crippen LogP contribution >= 0.6 is 0 Å². The zero-order chi connectivity index (χ0) is 24.2. The average Bonchev–Trinajstić information content (AvgIpc) is 2.81. The Morgan fingerprint density at radius 1 is 0.758 bits per heavy atom. The quantitative estimate of drug-likeness (QED) is 0.107. The maximum atomic E-state index is 10.7. The molecule has 0 aromatic rings. The van der Waals surface area contributed by atoms with Gasteiger partial charge in [-0.2, -0.15) is 0 Å². The molecule has 1 N–H and O–H groups in total. The highest BCUT2D eigenvalue weighted by atomic mass is 16.7. The monoisotopic (exact) mass is 473 g/mol. The number of aliphatic hydroxyl groups excluding tert-OH is 1. The van der Waals surface area contributed by atoms with Crippen LogP contribution in [0.4, 0.5) is 0 Å². The highest BCUT2D eigenvalue weighted by Crippen LogP contribution is 2.28. The second-order valence-corrected chi connectivity index (χ2v) is 8.58. The van der Waals surface area contributed by atoms with Crippen molar-refractivity contribution in [3.8, 4) is 0 Å². The van der Waals surface area contributed by atoms with E-state index in [2.05, 4.69) is 30.8 Å². The van der Waals surface area contributed by atoms with E-state index in [1.54, 1.807) is 0 Å². The Balaban J connectivity index is 2.67. The van der Waals surface area contributed by atoms with E-state index in [1.807, 2.05) is 0 Å². The average molecular weight is 474 g/mol. The van der Waals surface area contributed by atoms with Crippen molar-refractivity contribution < 1.29 is 28.8 Å². The summed E-state index contributed by atoms with van der Waals surface area (Å²) in [6, 6.07) is 0. The third-order valence-corrected chi connectivity index (χ3v) is 5.68. The van der Waals surface area contributed by atoms with Crippen molar-refractivity contribution in [1.82, 2.24) is 0 Å². The molecule has 9 heteroatoms. The molecular weight excluding hydrogens is 426 g/mol. The van der Waals surface area contributed by atoms with Gasteiger partial charge in [-0.15, -0.1) is 0 Å². The Morgan fingerprint density at radius 3 is 1.94 bits per heavy atom. The molecule has 33 heavy (non-hydrogen) atoms. The third kappa shape index (κ3) is 12.9. The smallest absolute Gasteiger partial charge is 0.184 e. The molecule has 9 nitrogen and oxygen atoms in total. The molecule has 0 aromatic carbocycles. The van der Waals surface area contributed by atoms with E-state index in [0.29, 0.717) is 39.6 Å². The fourth-order valence-electron chi connectivity index (χ4n) is 3.67. The number of aliphatic hydroxyl groups is 1. The van der Waals surface area contributed by atoms with Crippen LogP contribution in [-0.4, -0.2) is 75.4 Å².